The molecule has 0 saturated heterocycles. The second kappa shape index (κ2) is 11.4. The maximum absolute atomic E-state index is 13.8. The van der Waals surface area contributed by atoms with Gasteiger partial charge in [0, 0.05) is 24.3 Å². The second-order valence-electron chi connectivity index (χ2n) is 9.45. The molecule has 0 aliphatic carbocycles. The lowest BCUT2D eigenvalue weighted by molar-refractivity contribution is 0.0735. The average Bonchev–Trinajstić information content (AvgIpc) is 3.38. The van der Waals surface area contributed by atoms with E-state index in [9.17, 15) is 13.2 Å². The van der Waals surface area contributed by atoms with Crippen molar-refractivity contribution in [1.82, 2.24) is 4.90 Å². The molecule has 7 heteroatoms. The average molecular weight is 555 g/mol. The highest BCUT2D eigenvalue weighted by Crippen LogP contribution is 2.33. The lowest BCUT2D eigenvalue weighted by Crippen LogP contribution is -2.30. The molecule has 5 nitrogen and oxygen atoms in total. The predicted molar refractivity (Wildman–Crippen MR) is 160 cm³/mol. The van der Waals surface area contributed by atoms with Crippen molar-refractivity contribution in [2.45, 2.75) is 31.8 Å². The van der Waals surface area contributed by atoms with Crippen LogP contribution in [0, 0.1) is 6.92 Å². The summed E-state index contributed by atoms with van der Waals surface area (Å²) in [6, 6.07) is 34.3. The summed E-state index contributed by atoms with van der Waals surface area (Å²) in [4.78, 5) is 16.5. The van der Waals surface area contributed by atoms with Gasteiger partial charge in [0.15, 0.2) is 0 Å². The molecule has 0 aliphatic heterocycles. The summed E-state index contributed by atoms with van der Waals surface area (Å²) in [5, 5.41) is 0.845. The van der Waals surface area contributed by atoms with Crippen LogP contribution in [0.4, 0.5) is 5.69 Å². The number of thiophene rings is 1. The third-order valence-electron chi connectivity index (χ3n) is 6.61. The lowest BCUT2D eigenvalue weighted by atomic mass is 10.1. The van der Waals surface area contributed by atoms with Gasteiger partial charge in [-0.3, -0.25) is 9.10 Å². The minimum atomic E-state index is -3.72. The summed E-state index contributed by atoms with van der Waals surface area (Å²) in [7, 11) is -3.72. The topological polar surface area (TPSA) is 57.7 Å². The molecule has 0 bridgehead atoms. The van der Waals surface area contributed by atoms with Crippen molar-refractivity contribution < 1.29 is 13.2 Å². The van der Waals surface area contributed by atoms with Gasteiger partial charge in [0.1, 0.15) is 0 Å². The Hall–Kier alpha value is -3.94. The van der Waals surface area contributed by atoms with E-state index in [1.807, 2.05) is 104 Å². The molecule has 0 saturated carbocycles. The van der Waals surface area contributed by atoms with Crippen LogP contribution in [-0.4, -0.2) is 25.8 Å². The first kappa shape index (κ1) is 26.7. The number of nitrogens with zero attached hydrogens (tertiary/aromatic N) is 2. The standard InChI is InChI=1S/C32H30N2O3S2/c1-3-34(39(36,37)29-17-14-24(2)15-18-29)28-16-19-30-27(20-28)21-31(38-30)32(35)33(22-25-10-6-4-7-11-25)23-26-12-8-5-9-13-26/h4-21H,3,22-23H2,1-2H3. The molecule has 0 aliphatic rings. The first-order valence-electron chi connectivity index (χ1n) is 12.9. The van der Waals surface area contributed by atoms with Gasteiger partial charge in [-0.15, -0.1) is 11.3 Å². The molecular formula is C32H30N2O3S2. The summed E-state index contributed by atoms with van der Waals surface area (Å²) in [6.45, 7) is 5.03. The fraction of sp³-hybridized carbons (Fsp3) is 0.156. The molecule has 39 heavy (non-hydrogen) atoms. The molecule has 1 aromatic heterocycles. The van der Waals surface area contributed by atoms with E-state index in [4.69, 9.17) is 0 Å². The van der Waals surface area contributed by atoms with Crippen molar-refractivity contribution in [2.24, 2.45) is 0 Å². The van der Waals surface area contributed by atoms with Crippen LogP contribution in [0.1, 0.15) is 33.3 Å². The van der Waals surface area contributed by atoms with Gasteiger partial charge < -0.3 is 4.90 Å². The summed E-state index contributed by atoms with van der Waals surface area (Å²) >= 11 is 1.43. The van der Waals surface area contributed by atoms with Gasteiger partial charge in [-0.2, -0.15) is 0 Å². The van der Waals surface area contributed by atoms with Crippen molar-refractivity contribution >= 4 is 43.0 Å². The monoisotopic (exact) mass is 554 g/mol. The van der Waals surface area contributed by atoms with E-state index >= 15 is 0 Å². The quantitative estimate of drug-likeness (QED) is 0.193. The molecule has 0 atom stereocenters. The molecule has 1 heterocycles. The van der Waals surface area contributed by atoms with E-state index in [-0.39, 0.29) is 10.8 Å². The van der Waals surface area contributed by atoms with E-state index in [0.29, 0.717) is 30.2 Å². The number of carbonyl (C=O) groups is 1. The molecular weight excluding hydrogens is 524 g/mol. The van der Waals surface area contributed by atoms with Crippen LogP contribution in [0.15, 0.2) is 114 Å². The first-order valence-corrected chi connectivity index (χ1v) is 15.1. The number of amides is 1. The number of anilines is 1. The van der Waals surface area contributed by atoms with Crippen molar-refractivity contribution in [1.29, 1.82) is 0 Å². The SMILES string of the molecule is CCN(c1ccc2sc(C(=O)N(Cc3ccccc3)Cc3ccccc3)cc2c1)S(=O)(=O)c1ccc(C)cc1. The Labute approximate surface area is 234 Å². The van der Waals surface area contributed by atoms with Gasteiger partial charge in [0.25, 0.3) is 15.9 Å². The number of fused-ring (bicyclic) bond motifs is 1. The van der Waals surface area contributed by atoms with Crippen LogP contribution >= 0.6 is 11.3 Å². The summed E-state index contributed by atoms with van der Waals surface area (Å²) in [5.74, 6) is -0.0509. The minimum absolute atomic E-state index is 0.0509. The van der Waals surface area contributed by atoms with Crippen LogP contribution in [0.3, 0.4) is 0 Å². The zero-order valence-electron chi connectivity index (χ0n) is 21.9. The number of sulfonamides is 1. The Morgan fingerprint density at radius 1 is 0.769 bits per heavy atom. The molecule has 4 aromatic carbocycles. The van der Waals surface area contributed by atoms with E-state index in [1.165, 1.54) is 15.6 Å². The van der Waals surface area contributed by atoms with E-state index in [1.54, 1.807) is 24.3 Å². The van der Waals surface area contributed by atoms with Crippen molar-refractivity contribution in [2.75, 3.05) is 10.8 Å². The highest BCUT2D eigenvalue weighted by molar-refractivity contribution is 7.92. The first-order chi connectivity index (χ1) is 18.8. The van der Waals surface area contributed by atoms with Gasteiger partial charge >= 0.3 is 0 Å². The Bertz CT molecular complexity index is 1640. The number of carbonyl (C=O) groups excluding carboxylic acids is 1. The van der Waals surface area contributed by atoms with Crippen LogP contribution in [0.5, 0.6) is 0 Å². The Morgan fingerprint density at radius 3 is 1.92 bits per heavy atom. The molecule has 0 N–H and O–H groups in total. The van der Waals surface area contributed by atoms with Crippen molar-refractivity contribution in [3.8, 4) is 0 Å². The van der Waals surface area contributed by atoms with Crippen molar-refractivity contribution in [3.05, 3.63) is 131 Å². The van der Waals surface area contributed by atoms with E-state index < -0.39 is 10.0 Å². The highest BCUT2D eigenvalue weighted by atomic mass is 32.2. The Balaban J connectivity index is 1.46. The molecule has 0 unspecified atom stereocenters. The maximum atomic E-state index is 13.8. The highest BCUT2D eigenvalue weighted by Gasteiger charge is 2.25. The summed E-state index contributed by atoms with van der Waals surface area (Å²) < 4.78 is 29.2. The predicted octanol–water partition coefficient (Wildman–Crippen LogP) is 7.27. The third kappa shape index (κ3) is 5.90. The molecule has 5 rings (SSSR count). The van der Waals surface area contributed by atoms with E-state index in [0.717, 1.165) is 26.8 Å². The third-order valence-corrected chi connectivity index (χ3v) is 9.64. The zero-order valence-corrected chi connectivity index (χ0v) is 23.6. The number of benzene rings is 4. The number of rotatable bonds is 9. The zero-order chi connectivity index (χ0) is 27.4. The molecule has 5 aromatic rings. The number of hydrogen-bond donors (Lipinski definition) is 0. The number of aryl methyl sites for hydroxylation is 1. The van der Waals surface area contributed by atoms with Gasteiger partial charge in [0.2, 0.25) is 0 Å². The van der Waals surface area contributed by atoms with Gasteiger partial charge in [-0.25, -0.2) is 8.42 Å². The largest absolute Gasteiger partial charge is 0.329 e. The summed E-state index contributed by atoms with van der Waals surface area (Å²) in [6.07, 6.45) is 0. The molecule has 0 spiro atoms. The fourth-order valence-electron chi connectivity index (χ4n) is 4.58. The smallest absolute Gasteiger partial charge is 0.264 e. The molecule has 1 amide bonds. The molecule has 0 radical (unpaired) electrons. The second-order valence-corrected chi connectivity index (χ2v) is 12.4. The van der Waals surface area contributed by atoms with E-state index in [2.05, 4.69) is 0 Å². The van der Waals surface area contributed by atoms with Gasteiger partial charge in [-0.05, 0) is 66.8 Å². The lowest BCUT2D eigenvalue weighted by Gasteiger charge is -2.23. The normalized spacial score (nSPS) is 11.4. The summed E-state index contributed by atoms with van der Waals surface area (Å²) in [5.41, 5.74) is 3.70. The van der Waals surface area contributed by atoms with Gasteiger partial charge in [0.05, 0.1) is 15.5 Å². The van der Waals surface area contributed by atoms with Gasteiger partial charge in [-0.1, -0.05) is 78.4 Å². The van der Waals surface area contributed by atoms with Crippen LogP contribution in [0.25, 0.3) is 10.1 Å². The minimum Gasteiger partial charge on any atom is -0.329 e. The van der Waals surface area contributed by atoms with Crippen LogP contribution in [0.2, 0.25) is 0 Å². The number of hydrogen-bond acceptors (Lipinski definition) is 4. The van der Waals surface area contributed by atoms with Crippen molar-refractivity contribution in [3.63, 3.8) is 0 Å². The van der Waals surface area contributed by atoms with Crippen LogP contribution < -0.4 is 4.31 Å². The maximum Gasteiger partial charge on any atom is 0.264 e. The Morgan fingerprint density at radius 2 is 1.36 bits per heavy atom. The molecule has 0 fully saturated rings. The van der Waals surface area contributed by atoms with Crippen LogP contribution in [-0.2, 0) is 23.1 Å². The fourth-order valence-corrected chi connectivity index (χ4v) is 7.06. The Kier molecular flexibility index (Phi) is 7.82. The molecule has 198 valence electrons.